The Bertz CT molecular complexity index is 1260. The van der Waals surface area contributed by atoms with Gasteiger partial charge >= 0.3 is 6.09 Å². The number of methoxy groups -OCH3 is 1. The van der Waals surface area contributed by atoms with Crippen LogP contribution in [0.1, 0.15) is 44.6 Å². The summed E-state index contributed by atoms with van der Waals surface area (Å²) >= 11 is 0. The molecule has 0 radical (unpaired) electrons. The zero-order valence-electron chi connectivity index (χ0n) is 20.1. The lowest BCUT2D eigenvalue weighted by molar-refractivity contribution is 0.0652. The van der Waals surface area contributed by atoms with E-state index in [-0.39, 0.29) is 4.90 Å². The summed E-state index contributed by atoms with van der Waals surface area (Å²) in [4.78, 5) is 15.9. The third-order valence-corrected chi connectivity index (χ3v) is 6.63. The maximum Gasteiger partial charge on any atom is 0.420 e. The number of benzene rings is 2. The molecule has 0 spiro atoms. The number of carbonyl (C=O) groups is 1. The molecule has 1 aromatic heterocycles. The van der Waals surface area contributed by atoms with Gasteiger partial charge in [-0.25, -0.2) is 22.9 Å². The zero-order chi connectivity index (χ0) is 25.1. The predicted molar refractivity (Wildman–Crippen MR) is 130 cm³/mol. The molecule has 8 nitrogen and oxygen atoms in total. The molecule has 0 saturated carbocycles. The average molecular weight is 486 g/mol. The van der Waals surface area contributed by atoms with Gasteiger partial charge in [-0.15, -0.1) is 0 Å². The summed E-state index contributed by atoms with van der Waals surface area (Å²) in [5.41, 5.74) is 2.09. The van der Waals surface area contributed by atoms with Crippen LogP contribution in [0.2, 0.25) is 0 Å². The van der Waals surface area contributed by atoms with Crippen LogP contribution in [-0.2, 0) is 33.3 Å². The van der Waals surface area contributed by atoms with Gasteiger partial charge in [-0.05, 0) is 55.0 Å². The van der Waals surface area contributed by atoms with Gasteiger partial charge in [0.1, 0.15) is 11.4 Å². The number of aromatic nitrogens is 2. The zero-order valence-corrected chi connectivity index (χ0v) is 20.9. The van der Waals surface area contributed by atoms with Crippen molar-refractivity contribution in [2.75, 3.05) is 7.11 Å². The van der Waals surface area contributed by atoms with Gasteiger partial charge in [-0.1, -0.05) is 44.2 Å². The van der Waals surface area contributed by atoms with Crippen LogP contribution in [0.4, 0.5) is 4.79 Å². The Morgan fingerprint density at radius 2 is 1.79 bits per heavy atom. The summed E-state index contributed by atoms with van der Waals surface area (Å²) in [6.07, 6.45) is 3.19. The Morgan fingerprint density at radius 1 is 1.15 bits per heavy atom. The quantitative estimate of drug-likeness (QED) is 0.498. The molecule has 0 unspecified atom stereocenters. The second-order valence-corrected chi connectivity index (χ2v) is 10.8. The minimum atomic E-state index is -4.13. The number of carbonyl (C=O) groups excluding carboxylic acids is 1. The number of imidazole rings is 1. The van der Waals surface area contributed by atoms with Crippen molar-refractivity contribution in [1.82, 2.24) is 14.3 Å². The molecule has 0 saturated heterocycles. The number of hydrogen-bond donors (Lipinski definition) is 2. The van der Waals surface area contributed by atoms with Crippen molar-refractivity contribution in [3.05, 3.63) is 71.8 Å². The van der Waals surface area contributed by atoms with E-state index in [4.69, 9.17) is 0 Å². The predicted octanol–water partition coefficient (Wildman–Crippen LogP) is 4.07. The van der Waals surface area contributed by atoms with E-state index in [9.17, 15) is 18.3 Å². The molecule has 0 bridgehead atoms. The second kappa shape index (κ2) is 9.99. The summed E-state index contributed by atoms with van der Waals surface area (Å²) in [5.74, 6) is 0.950. The monoisotopic (exact) mass is 485 g/mol. The van der Waals surface area contributed by atoms with Crippen LogP contribution in [0.15, 0.2) is 59.8 Å². The molecule has 9 heteroatoms. The first-order valence-electron chi connectivity index (χ1n) is 11.0. The lowest BCUT2D eigenvalue weighted by atomic mass is 9.97. The highest BCUT2D eigenvalue weighted by atomic mass is 32.2. The van der Waals surface area contributed by atoms with E-state index in [1.165, 1.54) is 6.07 Å². The molecule has 3 rings (SSSR count). The fourth-order valence-electron chi connectivity index (χ4n) is 3.79. The smallest absolute Gasteiger partial charge is 0.420 e. The van der Waals surface area contributed by atoms with E-state index in [0.29, 0.717) is 29.4 Å². The number of rotatable bonds is 8. The van der Waals surface area contributed by atoms with Crippen molar-refractivity contribution >= 4 is 16.1 Å². The molecular weight excluding hydrogens is 454 g/mol. The van der Waals surface area contributed by atoms with Crippen LogP contribution >= 0.6 is 0 Å². The molecule has 34 heavy (non-hydrogen) atoms. The molecule has 1 amide bonds. The first kappa shape index (κ1) is 25.5. The third-order valence-electron chi connectivity index (χ3n) is 5.26. The Hall–Kier alpha value is -3.17. The Kier molecular flexibility index (Phi) is 7.48. The largest absolute Gasteiger partial charge is 0.452 e. The summed E-state index contributed by atoms with van der Waals surface area (Å²) < 4.78 is 34.1. The third kappa shape index (κ3) is 6.03. The molecule has 1 heterocycles. The summed E-state index contributed by atoms with van der Waals surface area (Å²) in [6, 6.07) is 12.6. The summed E-state index contributed by atoms with van der Waals surface area (Å²) in [7, 11) is -3.02. The highest BCUT2D eigenvalue weighted by Crippen LogP contribution is 2.30. The molecule has 0 aliphatic carbocycles. The Morgan fingerprint density at radius 3 is 2.38 bits per heavy atom. The van der Waals surface area contributed by atoms with E-state index in [1.54, 1.807) is 32.3 Å². The fraction of sp³-hybridized carbons (Fsp3) is 0.360. The van der Waals surface area contributed by atoms with Crippen molar-refractivity contribution in [2.24, 2.45) is 5.92 Å². The maximum atomic E-state index is 12.9. The van der Waals surface area contributed by atoms with Gasteiger partial charge in [-0.2, -0.15) is 0 Å². The number of sulfonamides is 1. The highest BCUT2D eigenvalue weighted by Gasteiger charge is 2.24. The molecular formula is C25H31N3O5S. The first-order chi connectivity index (χ1) is 15.9. The molecule has 3 aromatic rings. The SMILES string of the molecule is COC(=O)NS(=O)(=O)c1ccc(CC(C)C)cc1-c1ccc(Cn2ccnc2C(C)(C)O)cc1. The minimum absolute atomic E-state index is 0.00270. The molecule has 0 fully saturated rings. The minimum Gasteiger partial charge on any atom is -0.452 e. The van der Waals surface area contributed by atoms with E-state index >= 15 is 0 Å². The Balaban J connectivity index is 1.99. The van der Waals surface area contributed by atoms with Gasteiger partial charge in [-0.3, -0.25) is 0 Å². The van der Waals surface area contributed by atoms with E-state index in [2.05, 4.69) is 23.6 Å². The van der Waals surface area contributed by atoms with E-state index in [0.717, 1.165) is 24.7 Å². The van der Waals surface area contributed by atoms with Crippen LogP contribution in [-0.4, -0.2) is 36.3 Å². The fourth-order valence-corrected chi connectivity index (χ4v) is 4.92. The summed E-state index contributed by atoms with van der Waals surface area (Å²) in [5, 5.41) is 10.3. The lowest BCUT2D eigenvalue weighted by Crippen LogP contribution is -2.30. The van der Waals surface area contributed by atoms with Crippen molar-refractivity contribution in [3.8, 4) is 11.1 Å². The molecule has 2 N–H and O–H groups in total. The first-order valence-corrected chi connectivity index (χ1v) is 12.5. The van der Waals surface area contributed by atoms with Crippen molar-refractivity contribution < 1.29 is 23.1 Å². The van der Waals surface area contributed by atoms with Crippen LogP contribution in [0.25, 0.3) is 11.1 Å². The number of nitrogens with zero attached hydrogens (tertiary/aromatic N) is 2. The van der Waals surface area contributed by atoms with Crippen molar-refractivity contribution in [3.63, 3.8) is 0 Å². The van der Waals surface area contributed by atoms with Crippen LogP contribution in [0.5, 0.6) is 0 Å². The highest BCUT2D eigenvalue weighted by molar-refractivity contribution is 7.90. The maximum absolute atomic E-state index is 12.9. The van der Waals surface area contributed by atoms with Crippen molar-refractivity contribution in [1.29, 1.82) is 0 Å². The number of aliphatic hydroxyl groups is 1. The molecule has 0 atom stereocenters. The normalized spacial score (nSPS) is 12.1. The average Bonchev–Trinajstić information content (AvgIpc) is 3.22. The van der Waals surface area contributed by atoms with Crippen LogP contribution in [0, 0.1) is 5.92 Å². The number of hydrogen-bond acceptors (Lipinski definition) is 6. The van der Waals surface area contributed by atoms with Gasteiger partial charge in [0.05, 0.1) is 12.0 Å². The Labute approximate surface area is 200 Å². The number of nitrogens with one attached hydrogen (secondary N) is 1. The van der Waals surface area contributed by atoms with Gasteiger partial charge < -0.3 is 14.4 Å². The van der Waals surface area contributed by atoms with Gasteiger partial charge in [0.2, 0.25) is 0 Å². The van der Waals surface area contributed by atoms with Gasteiger partial charge in [0.25, 0.3) is 10.0 Å². The molecule has 0 aliphatic heterocycles. The summed E-state index contributed by atoms with van der Waals surface area (Å²) in [6.45, 7) is 8.06. The molecule has 182 valence electrons. The van der Waals surface area contributed by atoms with Crippen LogP contribution < -0.4 is 4.72 Å². The lowest BCUT2D eigenvalue weighted by Gasteiger charge is -2.19. The standard InChI is InChI=1S/C25H31N3O5S/c1-17(2)14-19-8-11-22(34(31,32)27-24(29)33-5)21(15-19)20-9-6-18(7-10-20)16-28-13-12-26-23(28)25(3,4)30/h6-13,15,17,30H,14,16H2,1-5H3,(H,27,29). The van der Waals surface area contributed by atoms with Gasteiger partial charge in [0, 0.05) is 24.5 Å². The van der Waals surface area contributed by atoms with E-state index in [1.807, 2.05) is 39.6 Å². The number of ether oxygens (including phenoxy) is 1. The van der Waals surface area contributed by atoms with Gasteiger partial charge in [0.15, 0.2) is 0 Å². The van der Waals surface area contributed by atoms with Crippen LogP contribution in [0.3, 0.4) is 0 Å². The number of amides is 1. The van der Waals surface area contributed by atoms with Crippen molar-refractivity contribution in [2.45, 2.75) is 51.2 Å². The van der Waals surface area contributed by atoms with E-state index < -0.39 is 21.7 Å². The topological polar surface area (TPSA) is 111 Å². The molecule has 2 aromatic carbocycles. The second-order valence-electron chi connectivity index (χ2n) is 9.16. The molecule has 0 aliphatic rings.